The molecule has 0 unspecified atom stereocenters. The van der Waals surface area contributed by atoms with E-state index in [0.717, 1.165) is 43.0 Å². The summed E-state index contributed by atoms with van der Waals surface area (Å²) < 4.78 is 43.7. The molecule has 1 saturated heterocycles. The Labute approximate surface area is 333 Å². The molecule has 2 aromatic carbocycles. The molecule has 3 heterocycles. The maximum Gasteiger partial charge on any atom is 0.331 e. The molecule has 6 atom stereocenters. The number of allylic oxidation sites excluding steroid dienone is 2. The number of aromatic amines is 1. The maximum atomic E-state index is 13.4. The number of benzene rings is 2. The molecule has 1 aliphatic carbocycles. The average molecular weight is 781 g/mol. The van der Waals surface area contributed by atoms with Gasteiger partial charge in [-0.3, -0.25) is 9.69 Å². The predicted octanol–water partition coefficient (Wildman–Crippen LogP) is 8.18. The van der Waals surface area contributed by atoms with Crippen LogP contribution in [0.1, 0.15) is 77.2 Å². The third-order valence-corrected chi connectivity index (χ3v) is 10.7. The van der Waals surface area contributed by atoms with Gasteiger partial charge in [-0.1, -0.05) is 33.8 Å². The number of hydrogen-bond acceptors (Lipinski definition) is 11. The van der Waals surface area contributed by atoms with Crippen molar-refractivity contribution in [3.63, 3.8) is 0 Å². The molecule has 0 spiro atoms. The van der Waals surface area contributed by atoms with E-state index >= 15 is 0 Å². The first-order valence-corrected chi connectivity index (χ1v) is 19.5. The number of hydrogen-bond donors (Lipinski definition) is 1. The van der Waals surface area contributed by atoms with Gasteiger partial charge in [-0.15, -0.1) is 0 Å². The molecule has 56 heavy (non-hydrogen) atoms. The average Bonchev–Trinajstić information content (AvgIpc) is 3.63. The van der Waals surface area contributed by atoms with Gasteiger partial charge >= 0.3 is 11.9 Å². The molecule has 0 radical (unpaired) electrons. The van der Waals surface area contributed by atoms with Crippen molar-refractivity contribution in [2.24, 2.45) is 17.8 Å². The van der Waals surface area contributed by atoms with Crippen LogP contribution in [-0.4, -0.2) is 96.9 Å². The molecule has 1 N–H and O–H groups in total. The van der Waals surface area contributed by atoms with Gasteiger partial charge in [0.15, 0.2) is 11.5 Å². The largest absolute Gasteiger partial charge is 0.502 e. The van der Waals surface area contributed by atoms with Crippen molar-refractivity contribution in [1.82, 2.24) is 9.88 Å². The van der Waals surface area contributed by atoms with Crippen molar-refractivity contribution in [3.05, 3.63) is 65.1 Å². The van der Waals surface area contributed by atoms with Crippen molar-refractivity contribution >= 4 is 28.9 Å². The Bertz CT molecular complexity index is 1760. The Hall–Kier alpha value is -4.68. The van der Waals surface area contributed by atoms with E-state index in [1.165, 1.54) is 51.2 Å². The fourth-order valence-corrected chi connectivity index (χ4v) is 8.03. The maximum absolute atomic E-state index is 13.4. The van der Waals surface area contributed by atoms with Crippen LogP contribution in [-0.2, 0) is 35.0 Å². The molecule has 3 aliphatic rings. The Kier molecular flexibility index (Phi) is 18.1. The number of methoxy groups -OCH3 is 7. The van der Waals surface area contributed by atoms with Crippen molar-refractivity contribution < 1.29 is 47.5 Å². The Morgan fingerprint density at radius 1 is 0.857 bits per heavy atom. The quantitative estimate of drug-likeness (QED) is 0.122. The summed E-state index contributed by atoms with van der Waals surface area (Å²) in [6, 6.07) is 9.78. The number of H-pyrrole nitrogens is 1. The second kappa shape index (κ2) is 22.2. The standard InChI is InChI=1S/C35H42N2O9.C5H10O.2C2H6/c1-40-21-8-9-22-23-11-12-37-18-20-15-29(46-30(38)10-7-19-13-27(41-2)33(43-4)28(14-19)42-3)34(44-5)31(35(39)45-6)24(20)17-26(37)32(23)36-25(22)16-21;1-4-5(2)6-3;2*1-2/h7-10,13-14,16,20,24,26,29,31,34,36H,11-12,15,17-18H2,1-6H3;4H,1-3H3;2*1-2H3/b10-7+;5-4+;;/t20-,24+,26-,29-,31+,34+;;;/m1.../s1. The van der Waals surface area contributed by atoms with Gasteiger partial charge in [-0.25, -0.2) is 4.79 Å². The van der Waals surface area contributed by atoms with Crippen molar-refractivity contribution in [1.29, 1.82) is 0 Å². The summed E-state index contributed by atoms with van der Waals surface area (Å²) in [5, 5.41) is 1.21. The fourth-order valence-electron chi connectivity index (χ4n) is 8.03. The third kappa shape index (κ3) is 10.2. The van der Waals surface area contributed by atoms with Gasteiger partial charge in [0, 0.05) is 48.9 Å². The number of nitrogens with zero attached hydrogens (tertiary/aromatic N) is 1. The van der Waals surface area contributed by atoms with E-state index in [0.29, 0.717) is 29.2 Å². The van der Waals surface area contributed by atoms with E-state index in [2.05, 4.69) is 16.0 Å². The summed E-state index contributed by atoms with van der Waals surface area (Å²) in [4.78, 5) is 32.8. The summed E-state index contributed by atoms with van der Waals surface area (Å²) in [5.41, 5.74) is 4.26. The van der Waals surface area contributed by atoms with E-state index in [4.69, 9.17) is 37.9 Å². The summed E-state index contributed by atoms with van der Waals surface area (Å²) in [7, 11) is 10.9. The number of carbonyl (C=O) groups is 2. The minimum absolute atomic E-state index is 0.00438. The van der Waals surface area contributed by atoms with Gasteiger partial charge in [0.2, 0.25) is 5.75 Å². The number of fused-ring (bicyclic) bond motifs is 6. The van der Waals surface area contributed by atoms with Crippen molar-refractivity contribution in [2.75, 3.05) is 62.9 Å². The van der Waals surface area contributed by atoms with Crippen LogP contribution < -0.4 is 18.9 Å². The molecule has 0 bridgehead atoms. The van der Waals surface area contributed by atoms with Crippen LogP contribution in [0.25, 0.3) is 17.0 Å². The zero-order valence-electron chi connectivity index (χ0n) is 35.6. The highest BCUT2D eigenvalue weighted by Crippen LogP contribution is 2.50. The summed E-state index contributed by atoms with van der Waals surface area (Å²) >= 11 is 0. The van der Waals surface area contributed by atoms with Gasteiger partial charge in [0.1, 0.15) is 18.0 Å². The lowest BCUT2D eigenvalue weighted by molar-refractivity contribution is -0.187. The Balaban J connectivity index is 0.000000759. The zero-order valence-corrected chi connectivity index (χ0v) is 35.6. The minimum Gasteiger partial charge on any atom is -0.502 e. The summed E-state index contributed by atoms with van der Waals surface area (Å²) in [6.07, 6.45) is 5.92. The minimum atomic E-state index is -0.645. The normalized spacial score (nSPS) is 22.6. The Morgan fingerprint density at radius 2 is 1.54 bits per heavy atom. The fraction of sp³-hybridized carbons (Fsp3) is 0.545. The van der Waals surface area contributed by atoms with Crippen LogP contribution in [0, 0.1) is 17.8 Å². The molecule has 310 valence electrons. The van der Waals surface area contributed by atoms with Crippen LogP contribution in [0.15, 0.2) is 48.2 Å². The van der Waals surface area contributed by atoms with Gasteiger partial charge in [-0.05, 0) is 86.4 Å². The molecule has 2 fully saturated rings. The Morgan fingerprint density at radius 3 is 2.07 bits per heavy atom. The van der Waals surface area contributed by atoms with E-state index in [-0.39, 0.29) is 23.8 Å². The highest BCUT2D eigenvalue weighted by molar-refractivity contribution is 5.88. The highest BCUT2D eigenvalue weighted by Gasteiger charge is 2.54. The number of nitrogens with one attached hydrogen (secondary N) is 1. The number of carbonyl (C=O) groups excluding carboxylic acids is 2. The molecule has 12 nitrogen and oxygen atoms in total. The van der Waals surface area contributed by atoms with Crippen LogP contribution in [0.2, 0.25) is 0 Å². The highest BCUT2D eigenvalue weighted by atomic mass is 16.6. The molecular formula is C44H64N2O10. The summed E-state index contributed by atoms with van der Waals surface area (Å²) in [6.45, 7) is 13.6. The van der Waals surface area contributed by atoms with Gasteiger partial charge < -0.3 is 42.9 Å². The van der Waals surface area contributed by atoms with Crippen LogP contribution in [0.4, 0.5) is 0 Å². The monoisotopic (exact) mass is 780 g/mol. The molecule has 12 heteroatoms. The molecule has 2 aliphatic heterocycles. The van der Waals surface area contributed by atoms with Crippen LogP contribution in [0.5, 0.6) is 23.0 Å². The van der Waals surface area contributed by atoms with Gasteiger partial charge in [0.25, 0.3) is 0 Å². The molecule has 3 aromatic rings. The van der Waals surface area contributed by atoms with E-state index < -0.39 is 24.1 Å². The van der Waals surface area contributed by atoms with E-state index in [1.54, 1.807) is 39.5 Å². The SMILES string of the molecule is C/C=C(\C)OC.CC.CC.COC(=O)[C@H]1[C@H]2C[C@@H]3c4[nH]c5cc(OC)ccc5c4CCN3C[C@H]2C[C@@H](OC(=O)/C=C/c2cc(OC)c(OC)c(OC)c2)[C@@H]1OC. The second-order valence-corrected chi connectivity index (χ2v) is 13.2. The van der Waals surface area contributed by atoms with Crippen molar-refractivity contribution in [3.8, 4) is 23.0 Å². The first-order valence-electron chi connectivity index (χ1n) is 19.5. The van der Waals surface area contributed by atoms with E-state index in [9.17, 15) is 9.59 Å². The van der Waals surface area contributed by atoms with E-state index in [1.807, 2.05) is 59.8 Å². The molecule has 6 rings (SSSR count). The number of rotatable bonds is 10. The molecular weight excluding hydrogens is 716 g/mol. The predicted molar refractivity (Wildman–Crippen MR) is 220 cm³/mol. The lowest BCUT2D eigenvalue weighted by atomic mass is 9.63. The van der Waals surface area contributed by atoms with Crippen LogP contribution in [0.3, 0.4) is 0 Å². The molecule has 1 saturated carbocycles. The third-order valence-electron chi connectivity index (χ3n) is 10.7. The first kappa shape index (κ1) is 45.7. The molecule has 0 amide bonds. The number of esters is 2. The lowest BCUT2D eigenvalue weighted by Crippen LogP contribution is -2.58. The van der Waals surface area contributed by atoms with Gasteiger partial charge in [-0.2, -0.15) is 0 Å². The van der Waals surface area contributed by atoms with Crippen molar-refractivity contribution in [2.45, 2.75) is 79.1 Å². The zero-order chi connectivity index (χ0) is 41.5. The van der Waals surface area contributed by atoms with Gasteiger partial charge in [0.05, 0.1) is 60.4 Å². The number of piperidine rings is 1. The van der Waals surface area contributed by atoms with Crippen LogP contribution >= 0.6 is 0 Å². The first-order chi connectivity index (χ1) is 27.1. The number of ether oxygens (including phenoxy) is 8. The topological polar surface area (TPSA) is 127 Å². The summed E-state index contributed by atoms with van der Waals surface area (Å²) in [5.74, 6) is 1.84. The molecule has 1 aromatic heterocycles. The number of aromatic nitrogens is 1. The smallest absolute Gasteiger partial charge is 0.331 e. The second-order valence-electron chi connectivity index (χ2n) is 13.2. The lowest BCUT2D eigenvalue weighted by Gasteiger charge is -2.52.